The molecule has 0 saturated heterocycles. The van der Waals surface area contributed by atoms with Crippen LogP contribution in [0.4, 0.5) is 5.00 Å². The van der Waals surface area contributed by atoms with E-state index in [-0.39, 0.29) is 11.7 Å². The van der Waals surface area contributed by atoms with Crippen LogP contribution in [-0.4, -0.2) is 34.7 Å². The van der Waals surface area contributed by atoms with Gasteiger partial charge in [-0.3, -0.25) is 4.79 Å². The molecule has 3 aromatic heterocycles. The molecule has 142 valence electrons. The Hall–Kier alpha value is -1.97. The number of thiophene rings is 2. The van der Waals surface area contributed by atoms with E-state index in [2.05, 4.69) is 22.2 Å². The maximum atomic E-state index is 12.5. The number of esters is 1. The molecule has 1 amide bonds. The highest BCUT2D eigenvalue weighted by atomic mass is 32.2. The average Bonchev–Trinajstić information content (AvgIpc) is 3.08. The van der Waals surface area contributed by atoms with Gasteiger partial charge in [0.15, 0.2) is 0 Å². The van der Waals surface area contributed by atoms with Gasteiger partial charge in [-0.05, 0) is 38.8 Å². The van der Waals surface area contributed by atoms with Crippen molar-refractivity contribution in [3.63, 3.8) is 0 Å². The molecule has 0 fully saturated rings. The molecule has 0 aliphatic carbocycles. The number of rotatable bonds is 5. The number of aromatic nitrogens is 2. The first kappa shape index (κ1) is 19.8. The Bertz CT molecular complexity index is 1040. The molecule has 6 nitrogen and oxygen atoms in total. The van der Waals surface area contributed by atoms with E-state index >= 15 is 0 Å². The summed E-state index contributed by atoms with van der Waals surface area (Å²) in [7, 11) is 1.34. The zero-order valence-electron chi connectivity index (χ0n) is 15.6. The van der Waals surface area contributed by atoms with E-state index < -0.39 is 5.97 Å². The van der Waals surface area contributed by atoms with Crippen LogP contribution in [0.5, 0.6) is 0 Å². The van der Waals surface area contributed by atoms with Gasteiger partial charge in [-0.1, -0.05) is 11.8 Å². The smallest absolute Gasteiger partial charge is 0.341 e. The third-order valence-corrected chi connectivity index (χ3v) is 7.53. The van der Waals surface area contributed by atoms with E-state index in [0.29, 0.717) is 10.6 Å². The molecule has 27 heavy (non-hydrogen) atoms. The third kappa shape index (κ3) is 3.85. The van der Waals surface area contributed by atoms with Gasteiger partial charge < -0.3 is 10.1 Å². The number of thioether (sulfide) groups is 1. The Morgan fingerprint density at radius 3 is 2.52 bits per heavy atom. The lowest BCUT2D eigenvalue weighted by atomic mass is 10.1. The second-order valence-corrected chi connectivity index (χ2v) is 9.35. The van der Waals surface area contributed by atoms with Gasteiger partial charge >= 0.3 is 5.97 Å². The van der Waals surface area contributed by atoms with Crippen molar-refractivity contribution in [1.82, 2.24) is 9.97 Å². The minimum Gasteiger partial charge on any atom is -0.465 e. The molecule has 3 aromatic rings. The fourth-order valence-corrected chi connectivity index (χ4v) is 5.60. The van der Waals surface area contributed by atoms with Crippen LogP contribution in [0.1, 0.15) is 31.2 Å². The Balaban J connectivity index is 1.77. The number of nitrogens with one attached hydrogen (secondary N) is 1. The first-order valence-electron chi connectivity index (χ1n) is 8.15. The molecule has 0 saturated carbocycles. The number of fused-ring (bicyclic) bond motifs is 1. The number of aryl methyl sites for hydroxylation is 3. The van der Waals surface area contributed by atoms with Crippen molar-refractivity contribution in [2.45, 2.75) is 32.7 Å². The fourth-order valence-electron chi connectivity index (χ4n) is 2.62. The lowest BCUT2D eigenvalue weighted by Gasteiger charge is -2.06. The quantitative estimate of drug-likeness (QED) is 0.371. The number of nitrogens with zero attached hydrogens (tertiary/aromatic N) is 2. The molecule has 3 rings (SSSR count). The van der Waals surface area contributed by atoms with Crippen molar-refractivity contribution >= 4 is 61.5 Å². The Morgan fingerprint density at radius 1 is 1.11 bits per heavy atom. The molecule has 0 aliphatic heterocycles. The van der Waals surface area contributed by atoms with Crippen molar-refractivity contribution < 1.29 is 14.3 Å². The summed E-state index contributed by atoms with van der Waals surface area (Å²) in [6.07, 6.45) is 1.53. The number of hydrogen-bond acceptors (Lipinski definition) is 8. The molecule has 0 spiro atoms. The van der Waals surface area contributed by atoms with Gasteiger partial charge in [0.1, 0.15) is 21.2 Å². The lowest BCUT2D eigenvalue weighted by molar-refractivity contribution is -0.113. The van der Waals surface area contributed by atoms with Gasteiger partial charge in [-0.15, -0.1) is 22.7 Å². The van der Waals surface area contributed by atoms with Crippen molar-refractivity contribution in [1.29, 1.82) is 0 Å². The minimum absolute atomic E-state index is 0.192. The number of anilines is 1. The van der Waals surface area contributed by atoms with Crippen molar-refractivity contribution in [3.05, 3.63) is 32.8 Å². The van der Waals surface area contributed by atoms with E-state index in [1.165, 1.54) is 41.4 Å². The molecule has 0 radical (unpaired) electrons. The van der Waals surface area contributed by atoms with Gasteiger partial charge in [-0.2, -0.15) is 0 Å². The van der Waals surface area contributed by atoms with Crippen LogP contribution < -0.4 is 5.32 Å². The van der Waals surface area contributed by atoms with Gasteiger partial charge in [0.05, 0.1) is 18.4 Å². The average molecular weight is 422 g/mol. The molecule has 1 N–H and O–H groups in total. The van der Waals surface area contributed by atoms with Gasteiger partial charge in [0, 0.05) is 15.1 Å². The normalized spacial score (nSPS) is 11.0. The maximum Gasteiger partial charge on any atom is 0.341 e. The second-order valence-electron chi connectivity index (χ2n) is 5.96. The van der Waals surface area contributed by atoms with E-state index in [4.69, 9.17) is 4.74 Å². The first-order valence-corrected chi connectivity index (χ1v) is 10.8. The third-order valence-electron chi connectivity index (χ3n) is 4.30. The topological polar surface area (TPSA) is 81.2 Å². The molecule has 0 aliphatic rings. The summed E-state index contributed by atoms with van der Waals surface area (Å²) in [5, 5.41) is 5.17. The highest BCUT2D eigenvalue weighted by molar-refractivity contribution is 8.00. The molecular formula is C18H19N3O3S3. The summed E-state index contributed by atoms with van der Waals surface area (Å²) in [4.78, 5) is 36.3. The van der Waals surface area contributed by atoms with Crippen LogP contribution >= 0.6 is 34.4 Å². The van der Waals surface area contributed by atoms with Gasteiger partial charge in [0.25, 0.3) is 0 Å². The Kier molecular flexibility index (Phi) is 5.83. The van der Waals surface area contributed by atoms with Crippen LogP contribution in [0.15, 0.2) is 11.4 Å². The second kappa shape index (κ2) is 7.95. The number of carbonyl (C=O) groups excluding carboxylic acids is 2. The molecule has 0 atom stereocenters. The summed E-state index contributed by atoms with van der Waals surface area (Å²) in [5.74, 6) is -0.443. The molecule has 0 unspecified atom stereocenters. The largest absolute Gasteiger partial charge is 0.465 e. The zero-order chi connectivity index (χ0) is 19.7. The number of amides is 1. The SMILES string of the molecule is COC(=O)c1c(NC(=O)CSc2ncnc3sc(C)c(C)c23)sc(C)c1C. The first-order chi connectivity index (χ1) is 12.8. The lowest BCUT2D eigenvalue weighted by Crippen LogP contribution is -2.16. The molecule has 0 bridgehead atoms. The van der Waals surface area contributed by atoms with Crippen LogP contribution in [0, 0.1) is 27.7 Å². The summed E-state index contributed by atoms with van der Waals surface area (Å²) in [6.45, 7) is 7.86. The van der Waals surface area contributed by atoms with E-state index in [1.54, 1.807) is 11.3 Å². The number of ether oxygens (including phenoxy) is 1. The highest BCUT2D eigenvalue weighted by Gasteiger charge is 2.22. The van der Waals surface area contributed by atoms with Crippen molar-refractivity contribution in [3.8, 4) is 0 Å². The molecule has 0 aromatic carbocycles. The summed E-state index contributed by atoms with van der Waals surface area (Å²) in [5.41, 5.74) is 2.40. The Morgan fingerprint density at radius 2 is 1.81 bits per heavy atom. The van der Waals surface area contributed by atoms with Gasteiger partial charge in [0.2, 0.25) is 5.91 Å². The zero-order valence-corrected chi connectivity index (χ0v) is 18.1. The molecule has 3 heterocycles. The molecular weight excluding hydrogens is 402 g/mol. The maximum absolute atomic E-state index is 12.5. The van der Waals surface area contributed by atoms with Crippen LogP contribution in [-0.2, 0) is 9.53 Å². The number of methoxy groups -OCH3 is 1. The van der Waals surface area contributed by atoms with Crippen LogP contribution in [0.25, 0.3) is 10.2 Å². The standard InChI is InChI=1S/C18H19N3O3S3/c1-8-10(3)26-16-13(8)15(19-7-20-16)25-6-12(22)21-17-14(18(23)24-5)9(2)11(4)27-17/h7H,6H2,1-5H3,(H,21,22). The highest BCUT2D eigenvalue weighted by Crippen LogP contribution is 2.35. The van der Waals surface area contributed by atoms with Crippen LogP contribution in [0.3, 0.4) is 0 Å². The predicted molar refractivity (Wildman–Crippen MR) is 111 cm³/mol. The minimum atomic E-state index is -0.443. The van der Waals surface area contributed by atoms with Crippen molar-refractivity contribution in [2.75, 3.05) is 18.2 Å². The Labute approximate surface area is 169 Å². The summed E-state index contributed by atoms with van der Waals surface area (Å²) >= 11 is 4.37. The number of carbonyl (C=O) groups is 2. The fraction of sp³-hybridized carbons (Fsp3) is 0.333. The van der Waals surface area contributed by atoms with Crippen LogP contribution in [0.2, 0.25) is 0 Å². The monoisotopic (exact) mass is 421 g/mol. The van der Waals surface area contributed by atoms with Crippen molar-refractivity contribution in [2.24, 2.45) is 0 Å². The molecule has 9 heteroatoms. The number of hydrogen-bond donors (Lipinski definition) is 1. The predicted octanol–water partition coefficient (Wildman–Crippen LogP) is 4.50. The summed E-state index contributed by atoms with van der Waals surface area (Å²) < 4.78 is 4.84. The summed E-state index contributed by atoms with van der Waals surface area (Å²) in [6, 6.07) is 0. The van der Waals surface area contributed by atoms with E-state index in [0.717, 1.165) is 31.2 Å². The van der Waals surface area contributed by atoms with E-state index in [1.807, 2.05) is 20.8 Å². The van der Waals surface area contributed by atoms with Gasteiger partial charge in [-0.25, -0.2) is 14.8 Å². The van der Waals surface area contributed by atoms with E-state index in [9.17, 15) is 9.59 Å².